The summed E-state index contributed by atoms with van der Waals surface area (Å²) in [7, 11) is 0. The molecular formula is C56H57NO16. The summed E-state index contributed by atoms with van der Waals surface area (Å²) in [5.74, 6) is -8.47. The van der Waals surface area contributed by atoms with E-state index in [1.165, 1.54) is 57.2 Å². The lowest BCUT2D eigenvalue weighted by Gasteiger charge is -2.67. The molecule has 3 N–H and O–H groups in total. The summed E-state index contributed by atoms with van der Waals surface area (Å²) in [5, 5.41) is 29.0. The molecule has 4 aromatic rings. The van der Waals surface area contributed by atoms with Gasteiger partial charge in [-0.1, -0.05) is 92.7 Å². The molecule has 11 atom stereocenters. The van der Waals surface area contributed by atoms with E-state index >= 15 is 9.59 Å². The molecule has 1 amide bonds. The Bertz CT molecular complexity index is 2870. The van der Waals surface area contributed by atoms with Crippen LogP contribution in [0.15, 0.2) is 126 Å². The Morgan fingerprint density at radius 1 is 0.712 bits per heavy atom. The first-order valence-corrected chi connectivity index (χ1v) is 23.9. The second-order valence-electron chi connectivity index (χ2n) is 19.9. The topological polar surface area (TPSA) is 244 Å². The van der Waals surface area contributed by atoms with Crippen molar-refractivity contribution >= 4 is 47.3 Å². The fourth-order valence-electron chi connectivity index (χ4n) is 11.3. The van der Waals surface area contributed by atoms with Crippen LogP contribution in [0.5, 0.6) is 0 Å². The minimum Gasteiger partial charge on any atom is -0.455 e. The Kier molecular flexibility index (Phi) is 14.2. The summed E-state index contributed by atoms with van der Waals surface area (Å²) in [6.07, 6.45) is -11.0. The maximum Gasteiger partial charge on any atom is 0.350 e. The van der Waals surface area contributed by atoms with E-state index in [0.29, 0.717) is 11.1 Å². The summed E-state index contributed by atoms with van der Waals surface area (Å²) in [5.41, 5.74) is -7.38. The van der Waals surface area contributed by atoms with Crippen molar-refractivity contribution in [3.8, 4) is 0 Å². The van der Waals surface area contributed by atoms with Gasteiger partial charge >= 0.3 is 29.8 Å². The monoisotopic (exact) mass is 999 g/mol. The predicted molar refractivity (Wildman–Crippen MR) is 257 cm³/mol. The molecular weight excluding hydrogens is 943 g/mol. The second-order valence-corrected chi connectivity index (χ2v) is 19.9. The summed E-state index contributed by atoms with van der Waals surface area (Å²) >= 11 is 0. The molecule has 2 unspecified atom stereocenters. The van der Waals surface area contributed by atoms with Crippen LogP contribution in [0.4, 0.5) is 0 Å². The number of aliphatic hydroxyl groups excluding tert-OH is 1. The molecule has 0 aromatic heterocycles. The number of Topliss-reactive ketones (excluding diaryl/α,β-unsaturated/α-hetero) is 2. The van der Waals surface area contributed by atoms with Crippen molar-refractivity contribution in [3.05, 3.63) is 154 Å². The average Bonchev–Trinajstić information content (AvgIpc) is 3.36. The van der Waals surface area contributed by atoms with Crippen LogP contribution >= 0.6 is 0 Å². The van der Waals surface area contributed by atoms with E-state index in [0.717, 1.165) is 13.8 Å². The van der Waals surface area contributed by atoms with E-state index in [9.17, 15) is 39.0 Å². The summed E-state index contributed by atoms with van der Waals surface area (Å²) in [6, 6.07) is 28.0. The highest BCUT2D eigenvalue weighted by Crippen LogP contribution is 2.64. The minimum atomic E-state index is -2.49. The minimum absolute atomic E-state index is 0.0342. The summed E-state index contributed by atoms with van der Waals surface area (Å²) in [4.78, 5) is 112. The number of rotatable bonds is 13. The SMILES string of the molecule is CC(=O)O[C@H]1C(=O)[C@@]2(C)C([C@H](OC(=O)c3ccccc3)[C@]3(O)C[C@H](OC(=O)[C@H](OC(=O)c4ccc(C(C)=O)cc4)[C@@H](NC(=O)c4ccccc4)c4ccccc4)C(C)=C1C3(C)C)[C@]1(OC(C)=O)COC1C[C@@H]2O. The van der Waals surface area contributed by atoms with E-state index in [1.54, 1.807) is 92.7 Å². The van der Waals surface area contributed by atoms with Gasteiger partial charge in [-0.2, -0.15) is 0 Å². The number of carbonyl (C=O) groups is 8. The molecule has 382 valence electrons. The highest BCUT2D eigenvalue weighted by atomic mass is 16.6. The van der Waals surface area contributed by atoms with Crippen LogP contribution in [-0.2, 0) is 47.6 Å². The number of carbonyl (C=O) groups excluding carboxylic acids is 8. The number of fused-ring (bicyclic) bond motifs is 5. The number of amides is 1. The third-order valence-corrected chi connectivity index (χ3v) is 15.2. The number of ketones is 2. The van der Waals surface area contributed by atoms with E-state index in [4.69, 9.17) is 28.4 Å². The lowest BCUT2D eigenvalue weighted by Crippen LogP contribution is -2.82. The molecule has 17 nitrogen and oxygen atoms in total. The molecule has 3 fully saturated rings. The summed E-state index contributed by atoms with van der Waals surface area (Å²) < 4.78 is 36.9. The summed E-state index contributed by atoms with van der Waals surface area (Å²) in [6.45, 7) is 9.17. The zero-order valence-corrected chi connectivity index (χ0v) is 41.3. The molecule has 73 heavy (non-hydrogen) atoms. The molecule has 17 heteroatoms. The average molecular weight is 1000 g/mol. The van der Waals surface area contributed by atoms with Crippen molar-refractivity contribution in [1.82, 2.24) is 5.32 Å². The molecule has 8 rings (SSSR count). The van der Waals surface area contributed by atoms with Crippen LogP contribution in [0.2, 0.25) is 0 Å². The molecule has 0 spiro atoms. The predicted octanol–water partition coefficient (Wildman–Crippen LogP) is 5.80. The van der Waals surface area contributed by atoms with Gasteiger partial charge in [-0.15, -0.1) is 0 Å². The van der Waals surface area contributed by atoms with Gasteiger partial charge in [0.1, 0.15) is 30.0 Å². The lowest BCUT2D eigenvalue weighted by atomic mass is 9.44. The van der Waals surface area contributed by atoms with Crippen LogP contribution in [0, 0.1) is 16.7 Å². The van der Waals surface area contributed by atoms with E-state index < -0.39 is 119 Å². The van der Waals surface area contributed by atoms with Gasteiger partial charge in [-0.05, 0) is 73.9 Å². The van der Waals surface area contributed by atoms with Crippen molar-refractivity contribution in [1.29, 1.82) is 0 Å². The van der Waals surface area contributed by atoms with E-state index in [1.807, 2.05) is 0 Å². The molecule has 1 aliphatic heterocycles. The third-order valence-electron chi connectivity index (χ3n) is 15.2. The third kappa shape index (κ3) is 9.25. The van der Waals surface area contributed by atoms with Crippen molar-refractivity contribution in [2.24, 2.45) is 16.7 Å². The van der Waals surface area contributed by atoms with Gasteiger partial charge in [-0.3, -0.25) is 24.0 Å². The molecule has 3 aliphatic carbocycles. The maximum absolute atomic E-state index is 15.8. The molecule has 2 saturated carbocycles. The Morgan fingerprint density at radius 3 is 1.82 bits per heavy atom. The van der Waals surface area contributed by atoms with Crippen LogP contribution in [0.25, 0.3) is 0 Å². The second kappa shape index (κ2) is 19.9. The molecule has 1 heterocycles. The van der Waals surface area contributed by atoms with Crippen LogP contribution in [-0.4, -0.2) is 112 Å². The Morgan fingerprint density at radius 2 is 1.27 bits per heavy atom. The number of esters is 5. The van der Waals surface area contributed by atoms with Gasteiger partial charge in [0, 0.05) is 43.2 Å². The zero-order valence-electron chi connectivity index (χ0n) is 41.3. The molecule has 1 saturated heterocycles. The normalized spacial score (nSPS) is 28.6. The standard InChI is InChI=1S/C56H57NO16/c1-30-39(70-52(66)45(71-50(64)38-25-23-34(24-26-38)31(2)58)43(35-17-11-8-12-18-35)57-49(63)36-19-13-9-14-20-36)28-56(67)48(72-51(65)37-21-15-10-16-22-37)46-54(7,40(61)27-41-55(46,29-68-41)73-33(4)60)47(62)44(69-32(3)59)42(30)53(56,5)6/h8-26,39-41,43-46,48,61,67H,27-29H2,1-7H3,(H,57,63)/t39-,40-,41?,43-,44+,45+,46?,48-,54+,55-,56+/m0/s1. The highest BCUT2D eigenvalue weighted by Gasteiger charge is 2.78. The smallest absolute Gasteiger partial charge is 0.350 e. The Labute approximate surface area is 421 Å². The van der Waals surface area contributed by atoms with Gasteiger partial charge in [0.15, 0.2) is 23.3 Å². The lowest BCUT2D eigenvalue weighted by molar-refractivity contribution is -0.346. The fraction of sp³-hybridized carbons (Fsp3) is 0.393. The van der Waals surface area contributed by atoms with Crippen molar-refractivity contribution in [3.63, 3.8) is 0 Å². The molecule has 0 radical (unpaired) electrons. The van der Waals surface area contributed by atoms with Crippen molar-refractivity contribution in [2.45, 2.75) is 115 Å². The highest BCUT2D eigenvalue weighted by molar-refractivity contribution is 5.98. The maximum atomic E-state index is 15.8. The Balaban J connectivity index is 1.31. The first-order valence-electron chi connectivity index (χ1n) is 23.9. The van der Waals surface area contributed by atoms with Crippen LogP contribution in [0.3, 0.4) is 0 Å². The molecule has 4 aliphatic rings. The number of aliphatic hydroxyl groups is 2. The zero-order chi connectivity index (χ0) is 52.8. The van der Waals surface area contributed by atoms with Gasteiger partial charge in [0.05, 0.1) is 35.2 Å². The quantitative estimate of drug-likeness (QED) is 0.0620. The van der Waals surface area contributed by atoms with Gasteiger partial charge in [0.2, 0.25) is 6.10 Å². The van der Waals surface area contributed by atoms with E-state index in [2.05, 4.69) is 5.32 Å². The number of nitrogens with one attached hydrogen (secondary N) is 1. The fourth-order valence-corrected chi connectivity index (χ4v) is 11.3. The van der Waals surface area contributed by atoms with Gasteiger partial charge in [-0.25, -0.2) is 14.4 Å². The van der Waals surface area contributed by atoms with Crippen molar-refractivity contribution < 1.29 is 77.0 Å². The van der Waals surface area contributed by atoms with Gasteiger partial charge < -0.3 is 44.0 Å². The Hall–Kier alpha value is -7.34. The number of benzene rings is 4. The van der Waals surface area contributed by atoms with Crippen molar-refractivity contribution in [2.75, 3.05) is 6.61 Å². The van der Waals surface area contributed by atoms with E-state index in [-0.39, 0.29) is 46.6 Å². The molecule has 4 aromatic carbocycles. The first-order chi connectivity index (χ1) is 34.5. The number of hydrogen-bond donors (Lipinski definition) is 3. The molecule has 2 bridgehead atoms. The van der Waals surface area contributed by atoms with Crippen LogP contribution < -0.4 is 5.32 Å². The van der Waals surface area contributed by atoms with Gasteiger partial charge in [0.25, 0.3) is 5.91 Å². The first kappa shape index (κ1) is 52.0. The number of hydrogen-bond acceptors (Lipinski definition) is 16. The largest absolute Gasteiger partial charge is 0.455 e. The van der Waals surface area contributed by atoms with Crippen LogP contribution in [0.1, 0.15) is 114 Å². The number of ether oxygens (including phenoxy) is 6.